The number of aromatic hydroxyl groups is 1. The molecule has 5 heteroatoms. The molecule has 1 saturated heterocycles. The Hall–Kier alpha value is -1.75. The molecule has 1 fully saturated rings. The average Bonchev–Trinajstić information content (AvgIpc) is 2.38. The second-order valence-electron chi connectivity index (χ2n) is 5.37. The number of hydrogen-bond acceptors (Lipinski definition) is 4. The fraction of sp³-hybridized carbons (Fsp3) is 0.500. The van der Waals surface area contributed by atoms with Crippen LogP contribution in [0.3, 0.4) is 0 Å². The number of carboxylic acids is 1. The summed E-state index contributed by atoms with van der Waals surface area (Å²) in [6, 6.07) is 5.32. The van der Waals surface area contributed by atoms with Crippen molar-refractivity contribution in [2.75, 3.05) is 25.0 Å². The van der Waals surface area contributed by atoms with Gasteiger partial charge in [-0.05, 0) is 24.6 Å². The van der Waals surface area contributed by atoms with Crippen LogP contribution in [0.2, 0.25) is 0 Å². The van der Waals surface area contributed by atoms with Gasteiger partial charge in [0.25, 0.3) is 0 Å². The molecule has 1 aromatic carbocycles. The number of nitrogens with one attached hydrogen (secondary N) is 1. The number of carboxylic acid groups (broad SMARTS) is 1. The number of para-hydroxylation sites is 1. The first-order valence-corrected chi connectivity index (χ1v) is 6.59. The van der Waals surface area contributed by atoms with Gasteiger partial charge in [0.2, 0.25) is 0 Å². The molecule has 19 heavy (non-hydrogen) atoms. The monoisotopic (exact) mass is 262 g/mol. The number of nitrogens with zero attached hydrogens (tertiary/aromatic N) is 1. The van der Waals surface area contributed by atoms with Gasteiger partial charge in [-0.1, -0.05) is 12.1 Å². The number of rotatable bonds is 1. The van der Waals surface area contributed by atoms with E-state index in [4.69, 9.17) is 0 Å². The van der Waals surface area contributed by atoms with Crippen LogP contribution in [0.5, 0.6) is 5.75 Å². The minimum atomic E-state index is -0.807. The van der Waals surface area contributed by atoms with Gasteiger partial charge in [-0.2, -0.15) is 0 Å². The van der Waals surface area contributed by atoms with Crippen molar-refractivity contribution < 1.29 is 15.0 Å². The van der Waals surface area contributed by atoms with Crippen LogP contribution in [-0.4, -0.2) is 42.4 Å². The fourth-order valence-electron chi connectivity index (χ4n) is 3.59. The zero-order valence-electron chi connectivity index (χ0n) is 10.8. The number of benzene rings is 1. The molecule has 3 rings (SSSR count). The highest BCUT2D eigenvalue weighted by Gasteiger charge is 2.45. The number of fused-ring (bicyclic) bond motifs is 2. The highest BCUT2D eigenvalue weighted by molar-refractivity contribution is 5.83. The maximum absolute atomic E-state index is 11.7. The first kappa shape index (κ1) is 12.3. The van der Waals surface area contributed by atoms with Crippen LogP contribution in [0, 0.1) is 5.92 Å². The van der Waals surface area contributed by atoms with Crippen LogP contribution in [0.15, 0.2) is 18.2 Å². The molecule has 2 aliphatic heterocycles. The molecule has 0 bridgehead atoms. The molecule has 0 radical (unpaired) electrons. The number of piperidine rings is 1. The number of phenolic OH excluding ortho intramolecular Hbond substituents is 1. The molecular weight excluding hydrogens is 244 g/mol. The minimum Gasteiger partial charge on any atom is -0.506 e. The summed E-state index contributed by atoms with van der Waals surface area (Å²) in [7, 11) is 1.94. The van der Waals surface area contributed by atoms with Crippen molar-refractivity contribution in [2.24, 2.45) is 5.92 Å². The summed E-state index contributed by atoms with van der Waals surface area (Å²) < 4.78 is 0. The molecule has 0 saturated carbocycles. The third kappa shape index (κ3) is 1.76. The molecule has 0 amide bonds. The molecule has 0 aromatic heterocycles. The average molecular weight is 262 g/mol. The molecule has 3 N–H and O–H groups in total. The van der Waals surface area contributed by atoms with Gasteiger partial charge < -0.3 is 20.4 Å². The van der Waals surface area contributed by atoms with Crippen LogP contribution >= 0.6 is 0 Å². The summed E-state index contributed by atoms with van der Waals surface area (Å²) in [5.74, 6) is -1.14. The maximum Gasteiger partial charge on any atom is 0.311 e. The van der Waals surface area contributed by atoms with E-state index in [1.54, 1.807) is 12.1 Å². The Morgan fingerprint density at radius 1 is 1.47 bits per heavy atom. The molecule has 0 aliphatic carbocycles. The van der Waals surface area contributed by atoms with Crippen molar-refractivity contribution >= 4 is 11.7 Å². The molecule has 2 heterocycles. The van der Waals surface area contributed by atoms with Gasteiger partial charge >= 0.3 is 5.97 Å². The zero-order chi connectivity index (χ0) is 13.6. The van der Waals surface area contributed by atoms with Crippen molar-refractivity contribution in [2.45, 2.75) is 18.4 Å². The highest BCUT2D eigenvalue weighted by atomic mass is 16.4. The third-order valence-corrected chi connectivity index (χ3v) is 4.42. The minimum absolute atomic E-state index is 0.0468. The largest absolute Gasteiger partial charge is 0.506 e. The number of carbonyl (C=O) groups is 1. The van der Waals surface area contributed by atoms with Gasteiger partial charge in [0.15, 0.2) is 0 Å². The van der Waals surface area contributed by atoms with Gasteiger partial charge in [0.05, 0.1) is 11.6 Å². The van der Waals surface area contributed by atoms with Crippen LogP contribution in [0.4, 0.5) is 5.69 Å². The number of phenols is 1. The lowest BCUT2D eigenvalue weighted by Crippen LogP contribution is -2.54. The Morgan fingerprint density at radius 2 is 2.26 bits per heavy atom. The van der Waals surface area contributed by atoms with Crippen LogP contribution < -0.4 is 10.2 Å². The van der Waals surface area contributed by atoms with Crippen LogP contribution in [0.25, 0.3) is 0 Å². The van der Waals surface area contributed by atoms with E-state index < -0.39 is 11.9 Å². The summed E-state index contributed by atoms with van der Waals surface area (Å²) in [5.41, 5.74) is 1.40. The second-order valence-corrected chi connectivity index (χ2v) is 5.37. The van der Waals surface area contributed by atoms with E-state index in [-0.39, 0.29) is 17.7 Å². The lowest BCUT2D eigenvalue weighted by atomic mass is 9.74. The lowest BCUT2D eigenvalue weighted by molar-refractivity contribution is -0.140. The van der Waals surface area contributed by atoms with Crippen molar-refractivity contribution in [1.29, 1.82) is 0 Å². The molecule has 0 spiro atoms. The lowest BCUT2D eigenvalue weighted by Gasteiger charge is -2.47. The van der Waals surface area contributed by atoms with Gasteiger partial charge in [-0.3, -0.25) is 4.79 Å². The summed E-state index contributed by atoms with van der Waals surface area (Å²) in [4.78, 5) is 13.7. The summed E-state index contributed by atoms with van der Waals surface area (Å²) in [5, 5.41) is 22.9. The maximum atomic E-state index is 11.7. The molecule has 102 valence electrons. The van der Waals surface area contributed by atoms with Crippen molar-refractivity contribution in [3.63, 3.8) is 0 Å². The van der Waals surface area contributed by atoms with Crippen LogP contribution in [-0.2, 0) is 4.79 Å². The first-order valence-electron chi connectivity index (χ1n) is 6.59. The van der Waals surface area contributed by atoms with E-state index in [0.29, 0.717) is 12.2 Å². The summed E-state index contributed by atoms with van der Waals surface area (Å²) in [6.07, 6.45) is 0.902. The Morgan fingerprint density at radius 3 is 3.00 bits per heavy atom. The predicted molar refractivity (Wildman–Crippen MR) is 71.7 cm³/mol. The molecule has 5 nitrogen and oxygen atoms in total. The van der Waals surface area contributed by atoms with E-state index >= 15 is 0 Å². The Kier molecular flexibility index (Phi) is 2.86. The van der Waals surface area contributed by atoms with Gasteiger partial charge in [-0.25, -0.2) is 0 Å². The van der Waals surface area contributed by atoms with Gasteiger partial charge in [0.1, 0.15) is 5.75 Å². The van der Waals surface area contributed by atoms with E-state index in [2.05, 4.69) is 10.2 Å². The summed E-state index contributed by atoms with van der Waals surface area (Å²) in [6.45, 7) is 1.60. The van der Waals surface area contributed by atoms with E-state index in [1.165, 1.54) is 0 Å². The van der Waals surface area contributed by atoms with Crippen molar-refractivity contribution in [3.05, 3.63) is 23.8 Å². The number of aliphatic carboxylic acids is 1. The van der Waals surface area contributed by atoms with Crippen molar-refractivity contribution in [1.82, 2.24) is 5.32 Å². The zero-order valence-corrected chi connectivity index (χ0v) is 10.8. The normalized spacial score (nSPS) is 29.5. The smallest absolute Gasteiger partial charge is 0.311 e. The first-order chi connectivity index (χ1) is 9.11. The summed E-state index contributed by atoms with van der Waals surface area (Å²) >= 11 is 0. The number of hydrogen-bond donors (Lipinski definition) is 3. The SMILES string of the molecule is CN1c2c(O)cccc2C(C(=O)O)C2CNCCC21. The van der Waals surface area contributed by atoms with Gasteiger partial charge in [0, 0.05) is 25.6 Å². The molecular formula is C14H18N2O3. The van der Waals surface area contributed by atoms with Crippen LogP contribution in [0.1, 0.15) is 17.9 Å². The van der Waals surface area contributed by atoms with E-state index in [0.717, 1.165) is 18.5 Å². The predicted octanol–water partition coefficient (Wildman–Crippen LogP) is 0.988. The molecule has 1 aromatic rings. The fourth-order valence-corrected chi connectivity index (χ4v) is 3.59. The highest BCUT2D eigenvalue weighted by Crippen LogP contribution is 2.46. The quantitative estimate of drug-likeness (QED) is 0.704. The van der Waals surface area contributed by atoms with Crippen molar-refractivity contribution in [3.8, 4) is 5.75 Å². The van der Waals surface area contributed by atoms with Gasteiger partial charge in [-0.15, -0.1) is 0 Å². The van der Waals surface area contributed by atoms with E-state index in [9.17, 15) is 15.0 Å². The molecule has 3 atom stereocenters. The Bertz CT molecular complexity index is 517. The molecule has 3 unspecified atom stereocenters. The topological polar surface area (TPSA) is 72.8 Å². The number of anilines is 1. The third-order valence-electron chi connectivity index (χ3n) is 4.42. The second kappa shape index (κ2) is 4.42. The Labute approximate surface area is 111 Å². The van der Waals surface area contributed by atoms with E-state index in [1.807, 2.05) is 13.1 Å². The molecule has 2 aliphatic rings. The standard InChI is InChI=1S/C14H18N2O3/c1-16-10-5-6-15-7-9(10)12(14(18)19)8-3-2-4-11(17)13(8)16/h2-4,9-10,12,15,17H,5-7H2,1H3,(H,18,19). The Balaban J connectivity index is 2.16.